The van der Waals surface area contributed by atoms with Crippen molar-refractivity contribution in [2.75, 3.05) is 11.9 Å². The molecule has 0 saturated carbocycles. The van der Waals surface area contributed by atoms with Crippen molar-refractivity contribution < 1.29 is 4.79 Å². The number of urea groups is 1. The van der Waals surface area contributed by atoms with E-state index < -0.39 is 0 Å². The number of amides is 2. The van der Waals surface area contributed by atoms with E-state index in [-0.39, 0.29) is 12.1 Å². The number of halogens is 1. The van der Waals surface area contributed by atoms with E-state index in [0.29, 0.717) is 5.02 Å². The van der Waals surface area contributed by atoms with Crippen molar-refractivity contribution in [3.05, 3.63) is 59.4 Å². The van der Waals surface area contributed by atoms with Crippen molar-refractivity contribution in [3.63, 3.8) is 0 Å². The van der Waals surface area contributed by atoms with Gasteiger partial charge in [-0.1, -0.05) is 23.7 Å². The molecule has 0 bridgehead atoms. The van der Waals surface area contributed by atoms with Crippen LogP contribution in [0.15, 0.2) is 48.5 Å². The van der Waals surface area contributed by atoms with Crippen molar-refractivity contribution in [2.45, 2.75) is 18.9 Å². The van der Waals surface area contributed by atoms with Crippen LogP contribution in [0.3, 0.4) is 0 Å². The second kappa shape index (κ2) is 6.17. The van der Waals surface area contributed by atoms with Gasteiger partial charge in [0, 0.05) is 17.3 Å². The summed E-state index contributed by atoms with van der Waals surface area (Å²) in [6, 6.07) is 14.9. The molecule has 0 aliphatic carbocycles. The summed E-state index contributed by atoms with van der Waals surface area (Å²) in [5, 5.41) is 3.58. The Balaban J connectivity index is 1.55. The number of nitrogens with one attached hydrogen (secondary N) is 2. The summed E-state index contributed by atoms with van der Waals surface area (Å²) in [5.74, 6) is 0.847. The third-order valence-electron chi connectivity index (χ3n) is 4.33. The fourth-order valence-electron chi connectivity index (χ4n) is 3.15. The van der Waals surface area contributed by atoms with E-state index in [4.69, 9.17) is 11.6 Å². The summed E-state index contributed by atoms with van der Waals surface area (Å²) in [7, 11) is 0. The highest BCUT2D eigenvalue weighted by atomic mass is 35.5. The number of aromatic nitrogens is 2. The average Bonchev–Trinajstić information content (AvgIpc) is 3.23. The van der Waals surface area contributed by atoms with Crippen molar-refractivity contribution in [3.8, 4) is 0 Å². The first-order valence-corrected chi connectivity index (χ1v) is 8.36. The average molecular weight is 341 g/mol. The molecule has 1 atom stereocenters. The number of aromatic amines is 1. The van der Waals surface area contributed by atoms with Crippen LogP contribution in [0.2, 0.25) is 5.02 Å². The summed E-state index contributed by atoms with van der Waals surface area (Å²) in [4.78, 5) is 22.5. The molecule has 1 aliphatic heterocycles. The third-order valence-corrected chi connectivity index (χ3v) is 4.58. The van der Waals surface area contributed by atoms with Gasteiger partial charge in [0.2, 0.25) is 0 Å². The zero-order valence-corrected chi connectivity index (χ0v) is 13.8. The number of carbonyl (C=O) groups is 1. The van der Waals surface area contributed by atoms with E-state index in [1.54, 1.807) is 24.3 Å². The SMILES string of the molecule is O=C(Nc1ccc(Cl)cc1)N1CCC[C@@H]1c1nc2ccccc2[nH]1. The lowest BCUT2D eigenvalue weighted by Crippen LogP contribution is -2.34. The Morgan fingerprint density at radius 2 is 2.00 bits per heavy atom. The van der Waals surface area contributed by atoms with Crippen LogP contribution in [0, 0.1) is 0 Å². The quantitative estimate of drug-likeness (QED) is 0.717. The number of anilines is 1. The maximum atomic E-state index is 12.6. The highest BCUT2D eigenvalue weighted by molar-refractivity contribution is 6.30. The van der Waals surface area contributed by atoms with Crippen molar-refractivity contribution in [1.29, 1.82) is 0 Å². The van der Waals surface area contributed by atoms with Crippen LogP contribution >= 0.6 is 11.6 Å². The molecule has 2 amide bonds. The topological polar surface area (TPSA) is 61.0 Å². The summed E-state index contributed by atoms with van der Waals surface area (Å²) >= 11 is 5.88. The second-order valence-corrected chi connectivity index (χ2v) is 6.36. The highest BCUT2D eigenvalue weighted by Crippen LogP contribution is 2.32. The van der Waals surface area contributed by atoms with Crippen molar-refractivity contribution >= 4 is 34.4 Å². The largest absolute Gasteiger partial charge is 0.340 e. The Morgan fingerprint density at radius 3 is 2.79 bits per heavy atom. The lowest BCUT2D eigenvalue weighted by molar-refractivity contribution is 0.205. The Kier molecular flexibility index (Phi) is 3.86. The second-order valence-electron chi connectivity index (χ2n) is 5.93. The Hall–Kier alpha value is -2.53. The summed E-state index contributed by atoms with van der Waals surface area (Å²) in [5.41, 5.74) is 2.66. The number of nitrogens with zero attached hydrogens (tertiary/aromatic N) is 2. The fourth-order valence-corrected chi connectivity index (χ4v) is 3.28. The number of hydrogen-bond donors (Lipinski definition) is 2. The van der Waals surface area contributed by atoms with Crippen LogP contribution in [0.5, 0.6) is 0 Å². The van der Waals surface area contributed by atoms with E-state index in [1.807, 2.05) is 29.2 Å². The molecule has 122 valence electrons. The monoisotopic (exact) mass is 340 g/mol. The minimum atomic E-state index is -0.111. The predicted octanol–water partition coefficient (Wildman–Crippen LogP) is 4.59. The van der Waals surface area contributed by atoms with Crippen LogP contribution in [0.1, 0.15) is 24.7 Å². The molecule has 0 radical (unpaired) electrons. The maximum Gasteiger partial charge on any atom is 0.322 e. The number of hydrogen-bond acceptors (Lipinski definition) is 2. The molecule has 4 rings (SSSR count). The molecule has 2 aromatic carbocycles. The minimum Gasteiger partial charge on any atom is -0.340 e. The van der Waals surface area contributed by atoms with Gasteiger partial charge >= 0.3 is 6.03 Å². The molecule has 5 nitrogen and oxygen atoms in total. The highest BCUT2D eigenvalue weighted by Gasteiger charge is 2.32. The van der Waals surface area contributed by atoms with E-state index in [1.165, 1.54) is 0 Å². The van der Waals surface area contributed by atoms with Gasteiger partial charge in [-0.25, -0.2) is 9.78 Å². The lowest BCUT2D eigenvalue weighted by atomic mass is 10.2. The van der Waals surface area contributed by atoms with Crippen molar-refractivity contribution in [1.82, 2.24) is 14.9 Å². The summed E-state index contributed by atoms with van der Waals surface area (Å²) in [6.45, 7) is 0.723. The van der Waals surface area contributed by atoms with E-state index in [9.17, 15) is 4.79 Å². The normalized spacial score (nSPS) is 17.4. The molecule has 2 N–H and O–H groups in total. The molecule has 1 fully saturated rings. The Morgan fingerprint density at radius 1 is 1.21 bits per heavy atom. The Labute approximate surface area is 144 Å². The van der Waals surface area contributed by atoms with Crippen LogP contribution in [0.25, 0.3) is 11.0 Å². The van der Waals surface area contributed by atoms with Gasteiger partial charge in [-0.3, -0.25) is 0 Å². The predicted molar refractivity (Wildman–Crippen MR) is 95.2 cm³/mol. The van der Waals surface area contributed by atoms with Gasteiger partial charge in [0.25, 0.3) is 0 Å². The van der Waals surface area contributed by atoms with E-state index in [2.05, 4.69) is 15.3 Å². The number of benzene rings is 2. The van der Waals surface area contributed by atoms with Gasteiger partial charge < -0.3 is 15.2 Å². The number of fused-ring (bicyclic) bond motifs is 1. The molecule has 1 saturated heterocycles. The molecule has 0 spiro atoms. The first-order chi connectivity index (χ1) is 11.7. The van der Waals surface area contributed by atoms with Gasteiger partial charge in [0.15, 0.2) is 0 Å². The van der Waals surface area contributed by atoms with Gasteiger partial charge in [0.05, 0.1) is 17.1 Å². The van der Waals surface area contributed by atoms with Gasteiger partial charge in [0.1, 0.15) is 5.82 Å². The van der Waals surface area contributed by atoms with Crippen LogP contribution in [0.4, 0.5) is 10.5 Å². The van der Waals surface area contributed by atoms with E-state index in [0.717, 1.165) is 41.9 Å². The molecule has 1 aromatic heterocycles. The molecule has 2 heterocycles. The van der Waals surface area contributed by atoms with Crippen LogP contribution in [-0.4, -0.2) is 27.4 Å². The number of imidazole rings is 1. The summed E-state index contributed by atoms with van der Waals surface area (Å²) < 4.78 is 0. The number of H-pyrrole nitrogens is 1. The molecule has 6 heteroatoms. The number of carbonyl (C=O) groups excluding carboxylic acids is 1. The molecule has 24 heavy (non-hydrogen) atoms. The number of likely N-dealkylation sites (tertiary alicyclic amines) is 1. The standard InChI is InChI=1S/C18H17ClN4O/c19-12-7-9-13(10-8-12)20-18(24)23-11-3-6-16(23)17-21-14-4-1-2-5-15(14)22-17/h1-2,4-5,7-10,16H,3,6,11H2,(H,20,24)(H,21,22)/t16-/m1/s1. The number of rotatable bonds is 2. The smallest absolute Gasteiger partial charge is 0.322 e. The zero-order valence-electron chi connectivity index (χ0n) is 13.0. The maximum absolute atomic E-state index is 12.6. The minimum absolute atomic E-state index is 0.0234. The molecule has 0 unspecified atom stereocenters. The van der Waals surface area contributed by atoms with Crippen LogP contribution in [-0.2, 0) is 0 Å². The molecular formula is C18H17ClN4O. The fraction of sp³-hybridized carbons (Fsp3) is 0.222. The Bertz CT molecular complexity index is 841. The lowest BCUT2D eigenvalue weighted by Gasteiger charge is -2.23. The van der Waals surface area contributed by atoms with Gasteiger partial charge in [-0.05, 0) is 49.2 Å². The molecule has 3 aromatic rings. The van der Waals surface area contributed by atoms with Crippen molar-refractivity contribution in [2.24, 2.45) is 0 Å². The first kappa shape index (κ1) is 15.0. The van der Waals surface area contributed by atoms with E-state index >= 15 is 0 Å². The summed E-state index contributed by atoms with van der Waals surface area (Å²) in [6.07, 6.45) is 1.88. The molecule has 1 aliphatic rings. The number of para-hydroxylation sites is 2. The zero-order chi connectivity index (χ0) is 16.5. The van der Waals surface area contributed by atoms with Crippen LogP contribution < -0.4 is 5.32 Å². The molecular weight excluding hydrogens is 324 g/mol. The van der Waals surface area contributed by atoms with Gasteiger partial charge in [-0.15, -0.1) is 0 Å². The van der Waals surface area contributed by atoms with Gasteiger partial charge in [-0.2, -0.15) is 0 Å². The third kappa shape index (κ3) is 2.83. The first-order valence-electron chi connectivity index (χ1n) is 7.98.